The first-order chi connectivity index (χ1) is 10.5. The first kappa shape index (κ1) is 14.1. The van der Waals surface area contributed by atoms with Gasteiger partial charge in [-0.1, -0.05) is 5.16 Å². The van der Waals surface area contributed by atoms with Crippen molar-refractivity contribution in [2.75, 3.05) is 5.32 Å². The summed E-state index contributed by atoms with van der Waals surface area (Å²) in [4.78, 5) is 15.7. The Morgan fingerprint density at radius 1 is 1.18 bits per heavy atom. The van der Waals surface area contributed by atoms with Crippen LogP contribution in [0.3, 0.4) is 0 Å². The van der Waals surface area contributed by atoms with Crippen LogP contribution in [-0.4, -0.2) is 16.0 Å². The summed E-state index contributed by atoms with van der Waals surface area (Å²) in [6.45, 7) is 0. The number of benzene rings is 1. The summed E-state index contributed by atoms with van der Waals surface area (Å²) in [6, 6.07) is 6.49. The van der Waals surface area contributed by atoms with Crippen LogP contribution >= 0.6 is 0 Å². The summed E-state index contributed by atoms with van der Waals surface area (Å²) in [5, 5.41) is 5.46. The number of carbonyl (C=O) groups excluding carboxylic acids is 1. The number of nitrogens with one attached hydrogen (secondary N) is 1. The molecule has 0 unspecified atom stereocenters. The third-order valence-electron chi connectivity index (χ3n) is 2.95. The number of halogens is 3. The van der Waals surface area contributed by atoms with E-state index in [0.29, 0.717) is 0 Å². The molecule has 2 heterocycles. The molecule has 112 valence electrons. The van der Waals surface area contributed by atoms with Crippen molar-refractivity contribution >= 4 is 22.8 Å². The molecule has 1 N–H and O–H groups in total. The lowest BCUT2D eigenvalue weighted by atomic mass is 10.1. The molecule has 0 saturated heterocycles. The molecule has 1 amide bonds. The first-order valence-corrected chi connectivity index (χ1v) is 6.14. The molecule has 3 rings (SSSR count). The second kappa shape index (κ2) is 5.14. The lowest BCUT2D eigenvalue weighted by molar-refractivity contribution is -0.141. The molecule has 0 atom stereocenters. The molecule has 0 fully saturated rings. The second-order valence-corrected chi connectivity index (χ2v) is 4.42. The van der Waals surface area contributed by atoms with Gasteiger partial charge in [0, 0.05) is 11.8 Å². The summed E-state index contributed by atoms with van der Waals surface area (Å²) in [7, 11) is 0. The Morgan fingerprint density at radius 3 is 2.64 bits per heavy atom. The third-order valence-corrected chi connectivity index (χ3v) is 2.95. The maximum atomic E-state index is 14.1. The maximum Gasteiger partial charge on any atom is 0.350 e. The highest BCUT2D eigenvalue weighted by Gasteiger charge is 2.41. The summed E-state index contributed by atoms with van der Waals surface area (Å²) in [5.74, 6) is -6.35. The van der Waals surface area contributed by atoms with Crippen LogP contribution in [0.15, 0.2) is 47.1 Å². The van der Waals surface area contributed by atoms with Gasteiger partial charge >= 0.3 is 11.8 Å². The molecule has 8 heteroatoms. The SMILES string of the molecule is O=C(Nc1noc2cccnc12)C(F)(F)c1ccc(F)cc1. The molecule has 2 aromatic heterocycles. The number of carbonyl (C=O) groups is 1. The number of amides is 1. The Morgan fingerprint density at radius 2 is 1.91 bits per heavy atom. The number of aromatic nitrogens is 2. The third kappa shape index (κ3) is 2.39. The molecular weight excluding hydrogens is 299 g/mol. The predicted molar refractivity (Wildman–Crippen MR) is 70.7 cm³/mol. The van der Waals surface area contributed by atoms with E-state index in [4.69, 9.17) is 4.52 Å². The minimum atomic E-state index is -3.85. The lowest BCUT2D eigenvalue weighted by Crippen LogP contribution is -2.32. The number of rotatable bonds is 3. The van der Waals surface area contributed by atoms with Gasteiger partial charge in [-0.15, -0.1) is 0 Å². The van der Waals surface area contributed by atoms with Crippen LogP contribution in [0.25, 0.3) is 11.1 Å². The maximum absolute atomic E-state index is 14.1. The van der Waals surface area contributed by atoms with Crippen molar-refractivity contribution in [3.8, 4) is 0 Å². The van der Waals surface area contributed by atoms with Gasteiger partial charge in [-0.25, -0.2) is 9.37 Å². The molecule has 0 aliphatic rings. The normalized spacial score (nSPS) is 11.6. The molecule has 0 spiro atoms. The topological polar surface area (TPSA) is 68.0 Å². The lowest BCUT2D eigenvalue weighted by Gasteiger charge is -2.15. The Kier molecular flexibility index (Phi) is 3.28. The van der Waals surface area contributed by atoms with E-state index in [1.165, 1.54) is 12.3 Å². The average molecular weight is 307 g/mol. The largest absolute Gasteiger partial charge is 0.352 e. The van der Waals surface area contributed by atoms with E-state index in [0.717, 1.165) is 24.3 Å². The minimum absolute atomic E-state index is 0.158. The van der Waals surface area contributed by atoms with Crippen molar-refractivity contribution in [2.24, 2.45) is 0 Å². The van der Waals surface area contributed by atoms with Gasteiger partial charge in [-0.05, 0) is 36.4 Å². The van der Waals surface area contributed by atoms with E-state index in [1.807, 2.05) is 5.32 Å². The van der Waals surface area contributed by atoms with Crippen molar-refractivity contribution in [3.05, 3.63) is 54.0 Å². The molecule has 5 nitrogen and oxygen atoms in total. The summed E-state index contributed by atoms with van der Waals surface area (Å²) in [5.41, 5.74) is -0.221. The Balaban J connectivity index is 1.88. The fraction of sp³-hybridized carbons (Fsp3) is 0.0714. The van der Waals surface area contributed by atoms with Crippen LogP contribution in [0.2, 0.25) is 0 Å². The zero-order valence-electron chi connectivity index (χ0n) is 10.9. The van der Waals surface area contributed by atoms with Crippen LogP contribution in [0.1, 0.15) is 5.56 Å². The Labute approximate surface area is 121 Å². The molecule has 0 aliphatic heterocycles. The van der Waals surface area contributed by atoms with E-state index < -0.39 is 23.2 Å². The van der Waals surface area contributed by atoms with E-state index in [1.54, 1.807) is 6.07 Å². The highest BCUT2D eigenvalue weighted by atomic mass is 19.3. The fourth-order valence-electron chi connectivity index (χ4n) is 1.84. The van der Waals surface area contributed by atoms with Gasteiger partial charge in [-0.2, -0.15) is 8.78 Å². The molecule has 0 bridgehead atoms. The van der Waals surface area contributed by atoms with Gasteiger partial charge in [0.2, 0.25) is 5.82 Å². The van der Waals surface area contributed by atoms with Gasteiger partial charge in [0.25, 0.3) is 0 Å². The zero-order chi connectivity index (χ0) is 15.7. The van der Waals surface area contributed by atoms with Gasteiger partial charge in [0.05, 0.1) is 0 Å². The molecule has 1 aromatic carbocycles. The van der Waals surface area contributed by atoms with Crippen LogP contribution in [0.4, 0.5) is 19.0 Å². The Hall–Kier alpha value is -2.90. The molecule has 0 aliphatic carbocycles. The summed E-state index contributed by atoms with van der Waals surface area (Å²) >= 11 is 0. The van der Waals surface area contributed by atoms with Crippen molar-refractivity contribution in [1.29, 1.82) is 0 Å². The van der Waals surface area contributed by atoms with Crippen molar-refractivity contribution in [2.45, 2.75) is 5.92 Å². The predicted octanol–water partition coefficient (Wildman–Crippen LogP) is 3.09. The highest BCUT2D eigenvalue weighted by Crippen LogP contribution is 2.30. The monoisotopic (exact) mass is 307 g/mol. The molecule has 22 heavy (non-hydrogen) atoms. The first-order valence-electron chi connectivity index (χ1n) is 6.14. The van der Waals surface area contributed by atoms with Gasteiger partial charge in [0.15, 0.2) is 11.1 Å². The number of hydrogen-bond acceptors (Lipinski definition) is 4. The fourth-order valence-corrected chi connectivity index (χ4v) is 1.84. The molecule has 3 aromatic rings. The van der Waals surface area contributed by atoms with Crippen LogP contribution in [0.5, 0.6) is 0 Å². The highest BCUT2D eigenvalue weighted by molar-refractivity contribution is 6.00. The average Bonchev–Trinajstić information content (AvgIpc) is 2.91. The van der Waals surface area contributed by atoms with Crippen LogP contribution in [-0.2, 0) is 10.7 Å². The molecule has 0 saturated carbocycles. The second-order valence-electron chi connectivity index (χ2n) is 4.42. The zero-order valence-corrected chi connectivity index (χ0v) is 10.9. The number of anilines is 1. The van der Waals surface area contributed by atoms with E-state index in [-0.39, 0.29) is 16.9 Å². The van der Waals surface area contributed by atoms with E-state index in [9.17, 15) is 18.0 Å². The summed E-state index contributed by atoms with van der Waals surface area (Å²) < 4.78 is 45.8. The quantitative estimate of drug-likeness (QED) is 0.807. The van der Waals surface area contributed by atoms with Gasteiger partial charge < -0.3 is 9.84 Å². The van der Waals surface area contributed by atoms with E-state index >= 15 is 0 Å². The van der Waals surface area contributed by atoms with Crippen molar-refractivity contribution < 1.29 is 22.5 Å². The smallest absolute Gasteiger partial charge is 0.350 e. The Bertz CT molecular complexity index is 831. The number of nitrogens with zero attached hydrogens (tertiary/aromatic N) is 2. The minimum Gasteiger partial charge on any atom is -0.352 e. The van der Waals surface area contributed by atoms with Gasteiger partial charge in [-0.3, -0.25) is 4.79 Å². The van der Waals surface area contributed by atoms with Crippen LogP contribution in [0, 0.1) is 5.82 Å². The number of pyridine rings is 1. The molecule has 0 radical (unpaired) electrons. The number of fused-ring (bicyclic) bond motifs is 1. The standard InChI is InChI=1S/C14H8F3N3O2/c15-9-5-3-8(4-6-9)14(16,17)13(21)19-12-11-10(22-20-12)2-1-7-18-11/h1-7H,(H,19,20,21). The van der Waals surface area contributed by atoms with E-state index in [2.05, 4.69) is 10.1 Å². The number of hydrogen-bond donors (Lipinski definition) is 1. The van der Waals surface area contributed by atoms with Crippen molar-refractivity contribution in [1.82, 2.24) is 10.1 Å². The number of alkyl halides is 2. The molecular formula is C14H8F3N3O2. The van der Waals surface area contributed by atoms with Crippen LogP contribution < -0.4 is 5.32 Å². The van der Waals surface area contributed by atoms with Gasteiger partial charge in [0.1, 0.15) is 5.82 Å². The summed E-state index contributed by atoms with van der Waals surface area (Å²) in [6.07, 6.45) is 1.41. The van der Waals surface area contributed by atoms with Crippen molar-refractivity contribution in [3.63, 3.8) is 0 Å².